The first-order valence-corrected chi connectivity index (χ1v) is 10.2. The predicted molar refractivity (Wildman–Crippen MR) is 104 cm³/mol. The molecular formula is C19H21BN2O4S. The van der Waals surface area contributed by atoms with Gasteiger partial charge in [-0.2, -0.15) is 0 Å². The Hall–Kier alpha value is -2.16. The summed E-state index contributed by atoms with van der Waals surface area (Å²) < 4.78 is 38.7. The van der Waals surface area contributed by atoms with Crippen molar-refractivity contribution in [2.45, 2.75) is 48.7 Å². The van der Waals surface area contributed by atoms with Gasteiger partial charge in [-0.05, 0) is 45.9 Å². The van der Waals surface area contributed by atoms with Crippen LogP contribution in [0.4, 0.5) is 0 Å². The summed E-state index contributed by atoms with van der Waals surface area (Å²) >= 11 is 0. The zero-order valence-corrected chi connectivity index (χ0v) is 16.5. The molecule has 1 saturated heterocycles. The number of nitrogens with zero attached hydrogens (tertiary/aromatic N) is 1. The van der Waals surface area contributed by atoms with E-state index in [1.807, 2.05) is 27.7 Å². The van der Waals surface area contributed by atoms with E-state index in [-0.39, 0.29) is 9.79 Å². The lowest BCUT2D eigenvalue weighted by Crippen LogP contribution is -2.41. The van der Waals surface area contributed by atoms with E-state index in [0.717, 1.165) is 0 Å². The normalized spacial score (nSPS) is 18.9. The van der Waals surface area contributed by atoms with E-state index in [1.165, 1.54) is 12.3 Å². The van der Waals surface area contributed by atoms with Gasteiger partial charge in [0.1, 0.15) is 5.65 Å². The Bertz CT molecular complexity index is 1090. The number of pyridine rings is 1. The van der Waals surface area contributed by atoms with Crippen LogP contribution < -0.4 is 5.46 Å². The average molecular weight is 384 g/mol. The van der Waals surface area contributed by atoms with Crippen molar-refractivity contribution < 1.29 is 17.7 Å². The molecule has 1 aliphatic heterocycles. The molecule has 0 amide bonds. The number of aromatic amines is 1. The Labute approximate surface area is 159 Å². The number of hydrogen-bond donors (Lipinski definition) is 1. The van der Waals surface area contributed by atoms with Gasteiger partial charge in [0, 0.05) is 23.2 Å². The third kappa shape index (κ3) is 2.79. The summed E-state index contributed by atoms with van der Waals surface area (Å²) in [5.41, 5.74) is 0.0622. The van der Waals surface area contributed by atoms with Crippen molar-refractivity contribution in [1.82, 2.24) is 9.97 Å². The summed E-state index contributed by atoms with van der Waals surface area (Å²) in [6.07, 6.45) is 3.20. The maximum absolute atomic E-state index is 13.2. The molecule has 1 aromatic carbocycles. The van der Waals surface area contributed by atoms with E-state index in [1.54, 1.807) is 36.5 Å². The molecule has 0 spiro atoms. The number of aromatic nitrogens is 2. The molecule has 2 aromatic heterocycles. The molecule has 6 nitrogen and oxygen atoms in total. The number of hydrogen-bond acceptors (Lipinski definition) is 5. The van der Waals surface area contributed by atoms with Gasteiger partial charge in [0.05, 0.1) is 21.0 Å². The van der Waals surface area contributed by atoms with Crippen LogP contribution in [-0.4, -0.2) is 36.7 Å². The second-order valence-corrected chi connectivity index (χ2v) is 9.60. The van der Waals surface area contributed by atoms with Gasteiger partial charge in [-0.15, -0.1) is 0 Å². The molecule has 4 rings (SSSR count). The quantitative estimate of drug-likeness (QED) is 0.703. The van der Waals surface area contributed by atoms with Crippen LogP contribution in [-0.2, 0) is 19.1 Å². The molecule has 1 N–H and O–H groups in total. The highest BCUT2D eigenvalue weighted by molar-refractivity contribution is 7.91. The van der Waals surface area contributed by atoms with Gasteiger partial charge in [0.25, 0.3) is 0 Å². The number of benzene rings is 1. The number of nitrogens with one attached hydrogen (secondary N) is 1. The molecule has 0 radical (unpaired) electrons. The summed E-state index contributed by atoms with van der Waals surface area (Å²) in [6.45, 7) is 7.84. The van der Waals surface area contributed by atoms with E-state index in [2.05, 4.69) is 9.97 Å². The minimum atomic E-state index is -3.72. The number of sulfone groups is 1. The lowest BCUT2D eigenvalue weighted by atomic mass is 9.79. The number of fused-ring (bicyclic) bond motifs is 1. The van der Waals surface area contributed by atoms with Crippen molar-refractivity contribution in [3.63, 3.8) is 0 Å². The third-order valence-electron chi connectivity index (χ3n) is 5.42. The second-order valence-electron chi connectivity index (χ2n) is 7.68. The lowest BCUT2D eigenvalue weighted by molar-refractivity contribution is 0.00578. The predicted octanol–water partition coefficient (Wildman–Crippen LogP) is 2.69. The maximum Gasteiger partial charge on any atom is 0.497 e. The summed E-state index contributed by atoms with van der Waals surface area (Å²) in [5.74, 6) is 0. The van der Waals surface area contributed by atoms with Crippen molar-refractivity contribution in [3.8, 4) is 0 Å². The van der Waals surface area contributed by atoms with Crippen LogP contribution in [0.15, 0.2) is 58.6 Å². The van der Waals surface area contributed by atoms with Crippen molar-refractivity contribution >= 4 is 33.5 Å². The van der Waals surface area contributed by atoms with Crippen LogP contribution in [0.3, 0.4) is 0 Å². The van der Waals surface area contributed by atoms with E-state index in [4.69, 9.17) is 9.31 Å². The van der Waals surface area contributed by atoms with E-state index in [9.17, 15) is 8.42 Å². The van der Waals surface area contributed by atoms with Gasteiger partial charge in [0.15, 0.2) is 0 Å². The van der Waals surface area contributed by atoms with Crippen LogP contribution in [0.2, 0.25) is 0 Å². The minimum Gasteiger partial charge on any atom is -0.399 e. The van der Waals surface area contributed by atoms with Gasteiger partial charge in [-0.25, -0.2) is 13.4 Å². The minimum absolute atomic E-state index is 0.185. The molecule has 3 aromatic rings. The molecule has 0 aliphatic carbocycles. The van der Waals surface area contributed by atoms with Gasteiger partial charge in [-0.3, -0.25) is 0 Å². The zero-order valence-electron chi connectivity index (χ0n) is 15.7. The first-order valence-electron chi connectivity index (χ1n) is 8.75. The highest BCUT2D eigenvalue weighted by Gasteiger charge is 2.52. The van der Waals surface area contributed by atoms with Gasteiger partial charge >= 0.3 is 7.12 Å². The van der Waals surface area contributed by atoms with Crippen molar-refractivity contribution in [3.05, 3.63) is 48.8 Å². The van der Waals surface area contributed by atoms with Crippen LogP contribution >= 0.6 is 0 Å². The molecule has 0 unspecified atom stereocenters. The SMILES string of the molecule is CC1(C)OB(c2c[nH]c3nccc(S(=O)(=O)c4ccccc4)c23)OC1(C)C. The fourth-order valence-electron chi connectivity index (χ4n) is 3.16. The van der Waals surface area contributed by atoms with Gasteiger partial charge in [-0.1, -0.05) is 18.2 Å². The molecular weight excluding hydrogens is 363 g/mol. The van der Waals surface area contributed by atoms with Gasteiger partial charge in [0.2, 0.25) is 9.84 Å². The summed E-state index contributed by atoms with van der Waals surface area (Å²) in [6, 6.07) is 9.89. The highest BCUT2D eigenvalue weighted by atomic mass is 32.2. The molecule has 0 atom stereocenters. The third-order valence-corrected chi connectivity index (χ3v) is 7.23. The first-order chi connectivity index (χ1) is 12.6. The first kappa shape index (κ1) is 18.2. The van der Waals surface area contributed by atoms with Crippen LogP contribution in [0.5, 0.6) is 0 Å². The molecule has 140 valence electrons. The molecule has 0 bridgehead atoms. The lowest BCUT2D eigenvalue weighted by Gasteiger charge is -2.32. The van der Waals surface area contributed by atoms with Crippen LogP contribution in [0, 0.1) is 0 Å². The number of H-pyrrole nitrogens is 1. The Morgan fingerprint density at radius 1 is 1.00 bits per heavy atom. The molecule has 3 heterocycles. The monoisotopic (exact) mass is 384 g/mol. The smallest absolute Gasteiger partial charge is 0.399 e. The summed E-state index contributed by atoms with van der Waals surface area (Å²) in [5, 5.41) is 0.500. The summed E-state index contributed by atoms with van der Waals surface area (Å²) in [7, 11) is -4.40. The largest absolute Gasteiger partial charge is 0.497 e. The average Bonchev–Trinajstić information content (AvgIpc) is 3.13. The fourth-order valence-corrected chi connectivity index (χ4v) is 4.65. The van der Waals surface area contributed by atoms with E-state index >= 15 is 0 Å². The van der Waals surface area contributed by atoms with Gasteiger partial charge < -0.3 is 14.3 Å². The topological polar surface area (TPSA) is 81.3 Å². The van der Waals surface area contributed by atoms with E-state index < -0.39 is 28.2 Å². The number of rotatable bonds is 3. The Balaban J connectivity index is 1.90. The molecule has 1 fully saturated rings. The van der Waals surface area contributed by atoms with E-state index in [0.29, 0.717) is 16.5 Å². The fraction of sp³-hybridized carbons (Fsp3) is 0.316. The van der Waals surface area contributed by atoms with Crippen LogP contribution in [0.25, 0.3) is 11.0 Å². The molecule has 0 saturated carbocycles. The Kier molecular flexibility index (Phi) is 4.00. The molecule has 27 heavy (non-hydrogen) atoms. The molecule has 1 aliphatic rings. The van der Waals surface area contributed by atoms with Crippen molar-refractivity contribution in [2.75, 3.05) is 0 Å². The second kappa shape index (κ2) is 5.92. The van der Waals surface area contributed by atoms with Crippen molar-refractivity contribution in [1.29, 1.82) is 0 Å². The summed E-state index contributed by atoms with van der Waals surface area (Å²) in [4.78, 5) is 7.75. The maximum atomic E-state index is 13.2. The Morgan fingerprint density at radius 3 is 2.26 bits per heavy atom. The highest BCUT2D eigenvalue weighted by Crippen LogP contribution is 2.37. The van der Waals surface area contributed by atoms with Crippen LogP contribution in [0.1, 0.15) is 27.7 Å². The Morgan fingerprint density at radius 2 is 1.63 bits per heavy atom. The molecule has 8 heteroatoms. The standard InChI is InChI=1S/C19H21BN2O4S/c1-18(2)19(3,4)26-20(25-18)14-12-22-17-16(14)15(10-11-21-17)27(23,24)13-8-6-5-7-9-13/h5-12H,1-4H3,(H,21,22). The van der Waals surface area contributed by atoms with Crippen molar-refractivity contribution in [2.24, 2.45) is 0 Å². The zero-order chi connectivity index (χ0) is 19.4.